The topological polar surface area (TPSA) is 44.8 Å². The van der Waals surface area contributed by atoms with E-state index in [9.17, 15) is 4.79 Å². The summed E-state index contributed by atoms with van der Waals surface area (Å²) in [7, 11) is 1.79. The molecule has 4 heteroatoms. The standard InChI is InChI=1S/C17H22O4/c1-3-17(18)21-12-20-16-10-6-14(7-11-16)13-4-8-15(19-2)9-5-13/h3,6-7,10-11,13,15H,1,4-5,8-9,12H2,2H3. The van der Waals surface area contributed by atoms with Crippen LogP contribution in [0.5, 0.6) is 5.75 Å². The Balaban J connectivity index is 1.82. The summed E-state index contributed by atoms with van der Waals surface area (Å²) in [5.74, 6) is 0.812. The van der Waals surface area contributed by atoms with Crippen molar-refractivity contribution in [3.8, 4) is 5.75 Å². The van der Waals surface area contributed by atoms with Crippen LogP contribution >= 0.6 is 0 Å². The molecule has 0 spiro atoms. The van der Waals surface area contributed by atoms with Gasteiger partial charge in [0.2, 0.25) is 6.79 Å². The van der Waals surface area contributed by atoms with Gasteiger partial charge in [-0.25, -0.2) is 4.79 Å². The van der Waals surface area contributed by atoms with Crippen LogP contribution in [0, 0.1) is 0 Å². The molecular weight excluding hydrogens is 268 g/mol. The number of carbonyl (C=O) groups is 1. The number of benzene rings is 1. The second-order valence-electron chi connectivity index (χ2n) is 5.21. The van der Waals surface area contributed by atoms with E-state index in [1.54, 1.807) is 7.11 Å². The molecule has 0 aliphatic heterocycles. The van der Waals surface area contributed by atoms with E-state index < -0.39 is 5.97 Å². The Morgan fingerprint density at radius 3 is 2.48 bits per heavy atom. The predicted octanol–water partition coefficient (Wildman–Crippen LogP) is 3.42. The first-order valence-electron chi connectivity index (χ1n) is 7.27. The molecule has 0 atom stereocenters. The molecule has 0 amide bonds. The predicted molar refractivity (Wildman–Crippen MR) is 80.2 cm³/mol. The summed E-state index contributed by atoms with van der Waals surface area (Å²) in [6.07, 6.45) is 6.10. The largest absolute Gasteiger partial charge is 0.457 e. The van der Waals surface area contributed by atoms with Crippen molar-refractivity contribution >= 4 is 5.97 Å². The Bertz CT molecular complexity index is 458. The highest BCUT2D eigenvalue weighted by Crippen LogP contribution is 2.34. The molecule has 0 unspecified atom stereocenters. The van der Waals surface area contributed by atoms with Gasteiger partial charge < -0.3 is 14.2 Å². The van der Waals surface area contributed by atoms with Gasteiger partial charge in [-0.15, -0.1) is 0 Å². The van der Waals surface area contributed by atoms with Crippen molar-refractivity contribution in [2.45, 2.75) is 37.7 Å². The molecule has 21 heavy (non-hydrogen) atoms. The highest BCUT2D eigenvalue weighted by Gasteiger charge is 2.21. The zero-order valence-corrected chi connectivity index (χ0v) is 12.4. The lowest BCUT2D eigenvalue weighted by molar-refractivity contribution is -0.144. The van der Waals surface area contributed by atoms with E-state index in [0.29, 0.717) is 17.8 Å². The van der Waals surface area contributed by atoms with Crippen molar-refractivity contribution in [3.63, 3.8) is 0 Å². The molecule has 0 heterocycles. The first-order valence-corrected chi connectivity index (χ1v) is 7.27. The molecule has 114 valence electrons. The van der Waals surface area contributed by atoms with Gasteiger partial charge in [-0.2, -0.15) is 0 Å². The Labute approximate surface area is 125 Å². The summed E-state index contributed by atoms with van der Waals surface area (Å²) < 4.78 is 15.5. The molecule has 2 rings (SSSR count). The lowest BCUT2D eigenvalue weighted by atomic mass is 9.83. The monoisotopic (exact) mass is 290 g/mol. The van der Waals surface area contributed by atoms with Gasteiger partial charge in [0.1, 0.15) is 5.75 Å². The van der Waals surface area contributed by atoms with Crippen molar-refractivity contribution < 1.29 is 19.0 Å². The van der Waals surface area contributed by atoms with Crippen molar-refractivity contribution in [2.75, 3.05) is 13.9 Å². The summed E-state index contributed by atoms with van der Waals surface area (Å²) in [6.45, 7) is 3.23. The van der Waals surface area contributed by atoms with Gasteiger partial charge in [-0.1, -0.05) is 18.7 Å². The third-order valence-corrected chi connectivity index (χ3v) is 3.95. The molecule has 4 nitrogen and oxygen atoms in total. The quantitative estimate of drug-likeness (QED) is 0.457. The lowest BCUT2D eigenvalue weighted by Gasteiger charge is -2.27. The molecule has 1 aromatic rings. The van der Waals surface area contributed by atoms with Crippen LogP contribution in [0.15, 0.2) is 36.9 Å². The van der Waals surface area contributed by atoms with Gasteiger partial charge in [0.05, 0.1) is 6.10 Å². The van der Waals surface area contributed by atoms with Crippen molar-refractivity contribution in [1.29, 1.82) is 0 Å². The molecule has 0 aromatic heterocycles. The fourth-order valence-corrected chi connectivity index (χ4v) is 2.68. The van der Waals surface area contributed by atoms with Crippen molar-refractivity contribution in [3.05, 3.63) is 42.5 Å². The minimum atomic E-state index is -0.485. The molecule has 1 saturated carbocycles. The van der Waals surface area contributed by atoms with E-state index in [1.807, 2.05) is 12.1 Å². The SMILES string of the molecule is C=CC(=O)OCOc1ccc(C2CCC(OC)CC2)cc1. The van der Waals surface area contributed by atoms with E-state index in [2.05, 4.69) is 18.7 Å². The maximum absolute atomic E-state index is 10.9. The molecule has 1 fully saturated rings. The Kier molecular flexibility index (Phi) is 5.81. The summed E-state index contributed by atoms with van der Waals surface area (Å²) in [5.41, 5.74) is 1.33. The third-order valence-electron chi connectivity index (χ3n) is 3.95. The fraction of sp³-hybridized carbons (Fsp3) is 0.471. The van der Waals surface area contributed by atoms with Gasteiger partial charge in [-0.3, -0.25) is 0 Å². The minimum Gasteiger partial charge on any atom is -0.457 e. The Morgan fingerprint density at radius 1 is 1.24 bits per heavy atom. The highest BCUT2D eigenvalue weighted by atomic mass is 16.7. The van der Waals surface area contributed by atoms with E-state index in [-0.39, 0.29) is 6.79 Å². The smallest absolute Gasteiger partial charge is 0.333 e. The number of methoxy groups -OCH3 is 1. The number of ether oxygens (including phenoxy) is 3. The van der Waals surface area contributed by atoms with E-state index in [1.165, 1.54) is 5.56 Å². The zero-order valence-electron chi connectivity index (χ0n) is 12.4. The van der Waals surface area contributed by atoms with Crippen LogP contribution in [-0.4, -0.2) is 26.0 Å². The van der Waals surface area contributed by atoms with Crippen LogP contribution in [0.1, 0.15) is 37.2 Å². The van der Waals surface area contributed by atoms with Crippen LogP contribution in [0.4, 0.5) is 0 Å². The number of rotatable bonds is 6. The van der Waals surface area contributed by atoms with Gasteiger partial charge >= 0.3 is 5.97 Å². The van der Waals surface area contributed by atoms with Crippen molar-refractivity contribution in [2.24, 2.45) is 0 Å². The normalized spacial score (nSPS) is 21.6. The molecule has 1 aliphatic carbocycles. The number of esters is 1. The molecule has 1 aliphatic rings. The van der Waals surface area contributed by atoms with Crippen LogP contribution in [0.25, 0.3) is 0 Å². The van der Waals surface area contributed by atoms with Crippen molar-refractivity contribution in [1.82, 2.24) is 0 Å². The molecule has 0 N–H and O–H groups in total. The molecule has 0 radical (unpaired) electrons. The first kappa shape index (κ1) is 15.6. The van der Waals surface area contributed by atoms with Crippen LogP contribution in [0.2, 0.25) is 0 Å². The summed E-state index contributed by atoms with van der Waals surface area (Å²) >= 11 is 0. The summed E-state index contributed by atoms with van der Waals surface area (Å²) in [5, 5.41) is 0. The average molecular weight is 290 g/mol. The molecular formula is C17H22O4. The number of carbonyl (C=O) groups excluding carboxylic acids is 1. The van der Waals surface area contributed by atoms with Gasteiger partial charge in [0.15, 0.2) is 0 Å². The lowest BCUT2D eigenvalue weighted by Crippen LogP contribution is -2.19. The third kappa shape index (κ3) is 4.60. The molecule has 0 bridgehead atoms. The number of hydrogen-bond donors (Lipinski definition) is 0. The van der Waals surface area contributed by atoms with Crippen LogP contribution in [-0.2, 0) is 14.3 Å². The zero-order chi connectivity index (χ0) is 15.1. The van der Waals surface area contributed by atoms with Gasteiger partial charge in [0.25, 0.3) is 0 Å². The fourth-order valence-electron chi connectivity index (χ4n) is 2.68. The Morgan fingerprint density at radius 2 is 1.90 bits per heavy atom. The van der Waals surface area contributed by atoms with Gasteiger partial charge in [0, 0.05) is 13.2 Å². The van der Waals surface area contributed by atoms with E-state index in [0.717, 1.165) is 31.8 Å². The van der Waals surface area contributed by atoms with Gasteiger partial charge in [-0.05, 0) is 49.3 Å². The minimum absolute atomic E-state index is 0.0941. The maximum Gasteiger partial charge on any atom is 0.333 e. The molecule has 1 aromatic carbocycles. The van der Waals surface area contributed by atoms with Crippen LogP contribution < -0.4 is 4.74 Å². The molecule has 0 saturated heterocycles. The summed E-state index contributed by atoms with van der Waals surface area (Å²) in [6, 6.07) is 8.00. The highest BCUT2D eigenvalue weighted by molar-refractivity contribution is 5.81. The second-order valence-corrected chi connectivity index (χ2v) is 5.21. The van der Waals surface area contributed by atoms with E-state index in [4.69, 9.17) is 14.2 Å². The number of hydrogen-bond acceptors (Lipinski definition) is 4. The van der Waals surface area contributed by atoms with Crippen LogP contribution in [0.3, 0.4) is 0 Å². The summed E-state index contributed by atoms with van der Waals surface area (Å²) in [4.78, 5) is 10.9. The average Bonchev–Trinajstić information content (AvgIpc) is 2.55. The first-order chi connectivity index (χ1) is 10.2. The Hall–Kier alpha value is -1.81. The van der Waals surface area contributed by atoms with E-state index >= 15 is 0 Å². The second kappa shape index (κ2) is 7.84. The maximum atomic E-state index is 10.9.